The summed E-state index contributed by atoms with van der Waals surface area (Å²) in [7, 11) is 0. The maximum atomic E-state index is 11.8. The number of carbonyl (C=O) groups excluding carboxylic acids is 1. The van der Waals surface area contributed by atoms with Crippen molar-refractivity contribution < 1.29 is 55.9 Å². The van der Waals surface area contributed by atoms with Crippen molar-refractivity contribution in [3.63, 3.8) is 0 Å². The number of aliphatic hydroxyl groups is 10. The molecule has 1 heterocycles. The summed E-state index contributed by atoms with van der Waals surface area (Å²) in [6.45, 7) is 0. The minimum Gasteiger partial charge on any atom is -0.364 e. The first-order chi connectivity index (χ1) is 9.71. The van der Waals surface area contributed by atoms with Gasteiger partial charge in [0.1, 0.15) is 0 Å². The highest BCUT2D eigenvalue weighted by molar-refractivity contribution is 7.08. The topological polar surface area (TPSA) is 219 Å². The van der Waals surface area contributed by atoms with Crippen molar-refractivity contribution in [3.8, 4) is 0 Å². The van der Waals surface area contributed by atoms with Crippen molar-refractivity contribution in [3.05, 3.63) is 22.4 Å². The number of thiophene rings is 1. The third-order valence-electron chi connectivity index (χ3n) is 2.95. The number of hydrogen-bond donors (Lipinski definition) is 10. The van der Waals surface area contributed by atoms with E-state index in [1.165, 1.54) is 5.38 Å². The summed E-state index contributed by atoms with van der Waals surface area (Å²) in [5.41, 5.74) is -0.482. The molecule has 1 rings (SSSR count). The number of rotatable bonds is 6. The van der Waals surface area contributed by atoms with Gasteiger partial charge in [0.05, 0.1) is 0 Å². The summed E-state index contributed by atoms with van der Waals surface area (Å²) in [4.78, 5) is 11.8. The first-order valence-corrected chi connectivity index (χ1v) is 6.37. The lowest BCUT2D eigenvalue weighted by atomic mass is 9.85. The summed E-state index contributed by atoms with van der Waals surface area (Å²) in [6.07, 6.45) is -3.38. The van der Waals surface area contributed by atoms with E-state index in [0.717, 1.165) is 22.8 Å². The maximum absolute atomic E-state index is 11.8. The molecule has 0 aliphatic heterocycles. The maximum Gasteiger partial charge on any atom is 0.290 e. The fourth-order valence-electron chi connectivity index (χ4n) is 1.43. The molecular formula is C10H14O11S. The predicted octanol–water partition coefficient (Wildman–Crippen LogP) is -5.03. The highest BCUT2D eigenvalue weighted by atomic mass is 32.1. The van der Waals surface area contributed by atoms with E-state index >= 15 is 0 Å². The lowest BCUT2D eigenvalue weighted by Crippen LogP contribution is -2.80. The van der Waals surface area contributed by atoms with E-state index in [1.807, 2.05) is 0 Å². The van der Waals surface area contributed by atoms with Gasteiger partial charge in [-0.15, -0.1) is 0 Å². The molecule has 22 heavy (non-hydrogen) atoms. The van der Waals surface area contributed by atoms with E-state index in [4.69, 9.17) is 20.4 Å². The Hall–Kier alpha value is -1.03. The van der Waals surface area contributed by atoms with Gasteiger partial charge in [-0.2, -0.15) is 11.3 Å². The van der Waals surface area contributed by atoms with Crippen molar-refractivity contribution in [2.45, 2.75) is 29.4 Å². The Bertz CT molecular complexity index is 531. The van der Waals surface area contributed by atoms with Crippen LogP contribution < -0.4 is 0 Å². The van der Waals surface area contributed by atoms with Crippen molar-refractivity contribution >= 4 is 17.1 Å². The van der Waals surface area contributed by atoms with Crippen molar-refractivity contribution in [2.75, 3.05) is 0 Å². The Balaban J connectivity index is 3.35. The molecule has 1 aromatic heterocycles. The Labute approximate surface area is 125 Å². The third-order valence-corrected chi connectivity index (χ3v) is 3.63. The molecule has 0 aromatic carbocycles. The largest absolute Gasteiger partial charge is 0.364 e. The first-order valence-electron chi connectivity index (χ1n) is 5.43. The lowest BCUT2D eigenvalue weighted by Gasteiger charge is -2.46. The zero-order chi connectivity index (χ0) is 17.6. The molecule has 0 atom stereocenters. The Morgan fingerprint density at radius 2 is 1.45 bits per heavy atom. The van der Waals surface area contributed by atoms with Gasteiger partial charge in [0.25, 0.3) is 23.1 Å². The van der Waals surface area contributed by atoms with E-state index in [1.54, 1.807) is 0 Å². The van der Waals surface area contributed by atoms with Crippen LogP contribution >= 0.6 is 11.3 Å². The summed E-state index contributed by atoms with van der Waals surface area (Å²) in [6, 6.07) is 1.02. The zero-order valence-corrected chi connectivity index (χ0v) is 11.4. The number of aliphatic hydroxyl groups excluding tert-OH is 1. The summed E-state index contributed by atoms with van der Waals surface area (Å²) >= 11 is 0.903. The summed E-state index contributed by atoms with van der Waals surface area (Å²) in [5.74, 6) is -20.2. The van der Waals surface area contributed by atoms with Crippen LogP contribution in [0.5, 0.6) is 0 Å². The van der Waals surface area contributed by atoms with Gasteiger partial charge in [-0.05, 0) is 11.4 Å². The number of hydrogen-bond acceptors (Lipinski definition) is 12. The molecule has 0 saturated carbocycles. The Morgan fingerprint density at radius 1 is 0.955 bits per heavy atom. The van der Waals surface area contributed by atoms with E-state index in [-0.39, 0.29) is 0 Å². The van der Waals surface area contributed by atoms with Gasteiger partial charge in [-0.3, -0.25) is 4.79 Å². The van der Waals surface area contributed by atoms with Gasteiger partial charge in [0, 0.05) is 10.9 Å². The van der Waals surface area contributed by atoms with Gasteiger partial charge in [-0.25, -0.2) is 0 Å². The van der Waals surface area contributed by atoms with Gasteiger partial charge >= 0.3 is 0 Å². The molecule has 0 bridgehead atoms. The smallest absolute Gasteiger partial charge is 0.290 e. The number of Topliss-reactive ketones (excluding diaryl/α,β-unsaturated/α-hetero) is 1. The standard InChI is InChI=1S/C10H14O11S/c11-5(4-1-2-22-3-4)7(14,15)9(18,19)10(20,21)8(16,17)6(12)13/h1-3,6,12-21H. The highest BCUT2D eigenvalue weighted by Gasteiger charge is 2.74. The Kier molecular flexibility index (Phi) is 4.80. The first kappa shape index (κ1) is 19.0. The zero-order valence-electron chi connectivity index (χ0n) is 10.6. The van der Waals surface area contributed by atoms with E-state index in [9.17, 15) is 35.4 Å². The minimum atomic E-state index is -4.77. The van der Waals surface area contributed by atoms with Crippen molar-refractivity contribution in [2.24, 2.45) is 0 Å². The van der Waals surface area contributed by atoms with Crippen LogP contribution in [0.1, 0.15) is 10.4 Å². The number of ketones is 1. The molecule has 0 fully saturated rings. The summed E-state index contributed by atoms with van der Waals surface area (Å²) in [5, 5.41) is 94.8. The van der Waals surface area contributed by atoms with E-state index in [0.29, 0.717) is 0 Å². The SMILES string of the molecule is O=C(c1ccsc1)C(O)(O)C(O)(O)C(O)(O)C(O)(O)C(O)O. The minimum absolute atomic E-state index is 0.482. The van der Waals surface area contributed by atoms with Crippen LogP contribution in [0.4, 0.5) is 0 Å². The molecule has 0 amide bonds. The molecule has 0 unspecified atom stereocenters. The molecular weight excluding hydrogens is 328 g/mol. The van der Waals surface area contributed by atoms with E-state index in [2.05, 4.69) is 0 Å². The van der Waals surface area contributed by atoms with E-state index < -0.39 is 40.8 Å². The van der Waals surface area contributed by atoms with Crippen molar-refractivity contribution in [1.82, 2.24) is 0 Å². The van der Waals surface area contributed by atoms with Crippen LogP contribution in [-0.2, 0) is 0 Å². The second kappa shape index (κ2) is 5.55. The van der Waals surface area contributed by atoms with Gasteiger partial charge in [-0.1, -0.05) is 0 Å². The van der Waals surface area contributed by atoms with Gasteiger partial charge in [0.2, 0.25) is 12.1 Å². The molecule has 12 heteroatoms. The van der Waals surface area contributed by atoms with Crippen LogP contribution in [0.15, 0.2) is 16.8 Å². The molecule has 0 aliphatic rings. The normalized spacial score (nSPS) is 14.5. The van der Waals surface area contributed by atoms with Gasteiger partial charge in [0.15, 0.2) is 0 Å². The lowest BCUT2D eigenvalue weighted by molar-refractivity contribution is -0.514. The van der Waals surface area contributed by atoms with Crippen molar-refractivity contribution in [1.29, 1.82) is 0 Å². The molecule has 10 N–H and O–H groups in total. The summed E-state index contributed by atoms with van der Waals surface area (Å²) < 4.78 is 0. The second-order valence-corrected chi connectivity index (χ2v) is 5.24. The van der Waals surface area contributed by atoms with Crippen LogP contribution in [0.2, 0.25) is 0 Å². The predicted molar refractivity (Wildman–Crippen MR) is 65.5 cm³/mol. The second-order valence-electron chi connectivity index (χ2n) is 4.46. The van der Waals surface area contributed by atoms with Gasteiger partial charge < -0.3 is 51.1 Å². The quantitative estimate of drug-likeness (QED) is 0.174. The molecule has 0 saturated heterocycles. The van der Waals surface area contributed by atoms with Crippen LogP contribution in [0, 0.1) is 0 Å². The Morgan fingerprint density at radius 3 is 1.82 bits per heavy atom. The molecule has 11 nitrogen and oxygen atoms in total. The van der Waals surface area contributed by atoms with Crippen LogP contribution in [-0.4, -0.2) is 86.3 Å². The molecule has 0 aliphatic carbocycles. The fraction of sp³-hybridized carbons (Fsp3) is 0.500. The highest BCUT2D eigenvalue weighted by Crippen LogP contribution is 2.37. The molecule has 0 spiro atoms. The molecule has 1 aromatic rings. The average molecular weight is 342 g/mol. The van der Waals surface area contributed by atoms with Crippen LogP contribution in [0.25, 0.3) is 0 Å². The van der Waals surface area contributed by atoms with Crippen LogP contribution in [0.3, 0.4) is 0 Å². The third kappa shape index (κ3) is 2.55. The fourth-order valence-corrected chi connectivity index (χ4v) is 2.07. The molecule has 126 valence electrons. The molecule has 0 radical (unpaired) electrons. The number of carbonyl (C=O) groups is 1. The average Bonchev–Trinajstić information content (AvgIpc) is 2.90. The monoisotopic (exact) mass is 342 g/mol.